The molecule has 6 heteroatoms. The molecule has 130 valence electrons. The Morgan fingerprint density at radius 1 is 1.25 bits per heavy atom. The van der Waals surface area contributed by atoms with Gasteiger partial charge >= 0.3 is 0 Å². The fraction of sp³-hybridized carbons (Fsp3) is 0.500. The highest BCUT2D eigenvalue weighted by atomic mass is 32.2. The van der Waals surface area contributed by atoms with Gasteiger partial charge in [0.1, 0.15) is 4.90 Å². The van der Waals surface area contributed by atoms with Crippen LogP contribution in [0.5, 0.6) is 0 Å². The first-order valence-corrected chi connectivity index (χ1v) is 10.0. The molecule has 5 nitrogen and oxygen atoms in total. The Bertz CT molecular complexity index is 821. The van der Waals surface area contributed by atoms with Crippen molar-refractivity contribution in [2.75, 3.05) is 10.8 Å². The van der Waals surface area contributed by atoms with E-state index in [9.17, 15) is 8.42 Å². The number of anilines is 1. The smallest absolute Gasteiger partial charge is 0.267 e. The largest absolute Gasteiger partial charge is 0.268 e. The zero-order valence-corrected chi connectivity index (χ0v) is 15.4. The van der Waals surface area contributed by atoms with Crippen LogP contribution in [-0.2, 0) is 10.0 Å². The molecule has 1 aliphatic rings. The third-order valence-corrected chi connectivity index (χ3v) is 6.72. The Kier molecular flexibility index (Phi) is 4.67. The number of sulfonamides is 1. The second-order valence-electron chi connectivity index (χ2n) is 6.51. The standard InChI is InChI=1S/C18H25N3O2S/c1-4-21(17-11-7-8-14(2)12-17)24(22,23)18-13-20(19-15(18)3)16-9-5-6-10-16/h7-8,11-13,16H,4-6,9-10H2,1-3H3. The zero-order valence-electron chi connectivity index (χ0n) is 14.6. The molecular formula is C18H25N3O2S. The van der Waals surface area contributed by atoms with Crippen LogP contribution >= 0.6 is 0 Å². The summed E-state index contributed by atoms with van der Waals surface area (Å²) in [5.41, 5.74) is 2.32. The minimum Gasteiger partial charge on any atom is -0.268 e. The Labute approximate surface area is 144 Å². The Balaban J connectivity index is 1.99. The van der Waals surface area contributed by atoms with Crippen LogP contribution in [0.4, 0.5) is 5.69 Å². The van der Waals surface area contributed by atoms with Crippen LogP contribution in [0.1, 0.15) is 49.9 Å². The van der Waals surface area contributed by atoms with E-state index in [1.165, 1.54) is 17.1 Å². The molecule has 1 aromatic heterocycles. The van der Waals surface area contributed by atoms with Gasteiger partial charge in [-0.05, 0) is 51.3 Å². The highest BCUT2D eigenvalue weighted by molar-refractivity contribution is 7.92. The van der Waals surface area contributed by atoms with Crippen molar-refractivity contribution in [2.24, 2.45) is 0 Å². The minimum absolute atomic E-state index is 0.317. The van der Waals surface area contributed by atoms with Gasteiger partial charge in [0.25, 0.3) is 10.0 Å². The summed E-state index contributed by atoms with van der Waals surface area (Å²) in [5, 5.41) is 4.50. The van der Waals surface area contributed by atoms with Gasteiger partial charge in [0.2, 0.25) is 0 Å². The van der Waals surface area contributed by atoms with E-state index >= 15 is 0 Å². The predicted octanol–water partition coefficient (Wildman–Crippen LogP) is 3.83. The minimum atomic E-state index is -3.61. The topological polar surface area (TPSA) is 55.2 Å². The maximum absolute atomic E-state index is 13.2. The van der Waals surface area contributed by atoms with Gasteiger partial charge in [-0.25, -0.2) is 8.42 Å². The number of aromatic nitrogens is 2. The molecule has 1 fully saturated rings. The lowest BCUT2D eigenvalue weighted by Gasteiger charge is -2.22. The molecule has 0 unspecified atom stereocenters. The van der Waals surface area contributed by atoms with Crippen LogP contribution in [0, 0.1) is 13.8 Å². The van der Waals surface area contributed by atoms with E-state index in [1.807, 2.05) is 42.8 Å². The summed E-state index contributed by atoms with van der Waals surface area (Å²) in [4.78, 5) is 0.317. The first-order chi connectivity index (χ1) is 11.4. The van der Waals surface area contributed by atoms with E-state index in [0.29, 0.717) is 28.9 Å². The molecule has 0 amide bonds. The number of aryl methyl sites for hydroxylation is 2. The summed E-state index contributed by atoms with van der Waals surface area (Å²) < 4.78 is 29.7. The molecule has 24 heavy (non-hydrogen) atoms. The Morgan fingerprint density at radius 2 is 1.96 bits per heavy atom. The summed E-state index contributed by atoms with van der Waals surface area (Å²) in [7, 11) is -3.61. The molecule has 0 bridgehead atoms. The van der Waals surface area contributed by atoms with Crippen LogP contribution in [-0.4, -0.2) is 24.7 Å². The van der Waals surface area contributed by atoms with E-state index in [0.717, 1.165) is 18.4 Å². The molecule has 0 atom stereocenters. The molecule has 0 spiro atoms. The summed E-state index contributed by atoms with van der Waals surface area (Å²) in [5.74, 6) is 0. The van der Waals surface area contributed by atoms with Crippen LogP contribution in [0.25, 0.3) is 0 Å². The molecule has 1 aliphatic carbocycles. The number of benzene rings is 1. The molecule has 1 saturated carbocycles. The maximum Gasteiger partial charge on any atom is 0.267 e. The van der Waals surface area contributed by atoms with Crippen molar-refractivity contribution in [1.29, 1.82) is 0 Å². The average molecular weight is 347 g/mol. The second kappa shape index (κ2) is 6.59. The summed E-state index contributed by atoms with van der Waals surface area (Å²) in [6.45, 7) is 5.99. The van der Waals surface area contributed by atoms with Crippen molar-refractivity contribution in [1.82, 2.24) is 9.78 Å². The van der Waals surface area contributed by atoms with Gasteiger partial charge < -0.3 is 0 Å². The molecule has 0 N–H and O–H groups in total. The Morgan fingerprint density at radius 3 is 2.58 bits per heavy atom. The first-order valence-electron chi connectivity index (χ1n) is 8.58. The molecule has 0 radical (unpaired) electrons. The van der Waals surface area contributed by atoms with Gasteiger partial charge in [-0.1, -0.05) is 25.0 Å². The van der Waals surface area contributed by atoms with Crippen LogP contribution in [0.15, 0.2) is 35.4 Å². The van der Waals surface area contributed by atoms with E-state index < -0.39 is 10.0 Å². The number of rotatable bonds is 5. The second-order valence-corrected chi connectivity index (χ2v) is 8.34. The third kappa shape index (κ3) is 3.07. The summed E-state index contributed by atoms with van der Waals surface area (Å²) in [6.07, 6.45) is 6.26. The van der Waals surface area contributed by atoms with Crippen LogP contribution < -0.4 is 4.31 Å². The normalized spacial score (nSPS) is 15.8. The van der Waals surface area contributed by atoms with Crippen LogP contribution in [0.2, 0.25) is 0 Å². The zero-order chi connectivity index (χ0) is 17.3. The number of nitrogens with zero attached hydrogens (tertiary/aromatic N) is 3. The van der Waals surface area contributed by atoms with E-state index in [4.69, 9.17) is 0 Å². The lowest BCUT2D eigenvalue weighted by atomic mass is 10.2. The van der Waals surface area contributed by atoms with Crippen molar-refractivity contribution < 1.29 is 8.42 Å². The number of hydrogen-bond acceptors (Lipinski definition) is 3. The van der Waals surface area contributed by atoms with Crippen molar-refractivity contribution >= 4 is 15.7 Å². The molecule has 3 rings (SSSR count). The predicted molar refractivity (Wildman–Crippen MR) is 95.9 cm³/mol. The molecule has 0 saturated heterocycles. The Hall–Kier alpha value is -1.82. The van der Waals surface area contributed by atoms with Crippen molar-refractivity contribution in [3.63, 3.8) is 0 Å². The fourth-order valence-electron chi connectivity index (χ4n) is 3.47. The first kappa shape index (κ1) is 17.0. The van der Waals surface area contributed by atoms with Gasteiger partial charge in [0, 0.05) is 12.7 Å². The highest BCUT2D eigenvalue weighted by Crippen LogP contribution is 2.32. The van der Waals surface area contributed by atoms with Crippen molar-refractivity contribution in [3.8, 4) is 0 Å². The van der Waals surface area contributed by atoms with Gasteiger partial charge in [-0.15, -0.1) is 0 Å². The maximum atomic E-state index is 13.2. The van der Waals surface area contributed by atoms with Crippen LogP contribution in [0.3, 0.4) is 0 Å². The average Bonchev–Trinajstić information content (AvgIpc) is 3.17. The summed E-state index contributed by atoms with van der Waals surface area (Å²) in [6, 6.07) is 7.93. The number of hydrogen-bond donors (Lipinski definition) is 0. The SMILES string of the molecule is CCN(c1cccc(C)c1)S(=O)(=O)c1cn(C2CCCC2)nc1C. The fourth-order valence-corrected chi connectivity index (χ4v) is 5.09. The van der Waals surface area contributed by atoms with E-state index in [1.54, 1.807) is 13.1 Å². The van der Waals surface area contributed by atoms with Gasteiger partial charge in [0.15, 0.2) is 0 Å². The molecule has 1 aromatic carbocycles. The lowest BCUT2D eigenvalue weighted by Crippen LogP contribution is -2.31. The van der Waals surface area contributed by atoms with Gasteiger partial charge in [-0.2, -0.15) is 5.10 Å². The van der Waals surface area contributed by atoms with Crippen molar-refractivity contribution in [3.05, 3.63) is 41.7 Å². The van der Waals surface area contributed by atoms with E-state index in [-0.39, 0.29) is 0 Å². The molecule has 1 heterocycles. The summed E-state index contributed by atoms with van der Waals surface area (Å²) >= 11 is 0. The van der Waals surface area contributed by atoms with Crippen molar-refractivity contribution in [2.45, 2.75) is 57.4 Å². The monoisotopic (exact) mass is 347 g/mol. The molecular weight excluding hydrogens is 322 g/mol. The molecule has 2 aromatic rings. The lowest BCUT2D eigenvalue weighted by molar-refractivity contribution is 0.464. The van der Waals surface area contributed by atoms with Gasteiger partial charge in [-0.3, -0.25) is 8.99 Å². The highest BCUT2D eigenvalue weighted by Gasteiger charge is 2.29. The van der Waals surface area contributed by atoms with E-state index in [2.05, 4.69) is 5.10 Å². The third-order valence-electron chi connectivity index (χ3n) is 4.72. The quantitative estimate of drug-likeness (QED) is 0.826. The molecule has 0 aliphatic heterocycles. The van der Waals surface area contributed by atoms with Gasteiger partial charge in [0.05, 0.1) is 17.4 Å².